The van der Waals surface area contributed by atoms with E-state index in [0.29, 0.717) is 0 Å². The van der Waals surface area contributed by atoms with Crippen molar-refractivity contribution in [3.63, 3.8) is 0 Å². The highest BCUT2D eigenvalue weighted by molar-refractivity contribution is 6.02. The molecular formula is C64H67N7O10. The third-order valence-corrected chi connectivity index (χ3v) is 17.0. The van der Waals surface area contributed by atoms with Crippen molar-refractivity contribution >= 4 is 52.9 Å². The smallest absolute Gasteiger partial charge is 0.258 e. The third-order valence-electron chi connectivity index (χ3n) is 17.0. The van der Waals surface area contributed by atoms with E-state index in [9.17, 15) is 43.2 Å². The van der Waals surface area contributed by atoms with Crippen molar-refractivity contribution in [1.82, 2.24) is 36.4 Å². The Kier molecular flexibility index (Phi) is 15.9. The van der Waals surface area contributed by atoms with Crippen molar-refractivity contribution in [1.29, 1.82) is 0 Å². The van der Waals surface area contributed by atoms with Gasteiger partial charge in [-0.3, -0.25) is 38.4 Å². The van der Waals surface area contributed by atoms with Gasteiger partial charge in [0, 0.05) is 92.4 Å². The van der Waals surface area contributed by atoms with Gasteiger partial charge < -0.3 is 45.9 Å². The Morgan fingerprint density at radius 2 is 0.815 bits per heavy atom. The van der Waals surface area contributed by atoms with Crippen LogP contribution in [0.3, 0.4) is 0 Å². The molecule has 12 atom stereocenters. The molecule has 0 spiro atoms. The third kappa shape index (κ3) is 12.9. The summed E-state index contributed by atoms with van der Waals surface area (Å²) in [7, 11) is 0. The molecule has 6 fully saturated rings. The van der Waals surface area contributed by atoms with Gasteiger partial charge in [0.25, 0.3) is 17.7 Å². The van der Waals surface area contributed by atoms with Crippen LogP contribution in [0.2, 0.25) is 0 Å². The molecule has 4 saturated carbocycles. The van der Waals surface area contributed by atoms with Crippen LogP contribution >= 0.6 is 0 Å². The highest BCUT2D eigenvalue weighted by Gasteiger charge is 2.51. The van der Waals surface area contributed by atoms with E-state index in [1.165, 1.54) is 34.9 Å². The van der Waals surface area contributed by atoms with Crippen molar-refractivity contribution in [2.45, 2.75) is 93.3 Å². The lowest BCUT2D eigenvalue weighted by Gasteiger charge is -2.21. The Balaban J connectivity index is 0.828. The number of rotatable bonds is 22. The minimum Gasteiger partial charge on any atom is -0.483 e. The Morgan fingerprint density at radius 1 is 0.457 bits per heavy atom. The van der Waals surface area contributed by atoms with E-state index in [2.05, 4.69) is 26.6 Å². The SMILES string of the molecule is CC(=O)CCC(=O)CNC(=O)COc1cc(C(=O)N2C[C@@H](C(=O)N[C@H]3C[C@@H]3c3ccccc3)[C@H](C(=O)N[C@H]3C[C@@H]3c3ccccc3)C2)ccc1C(=O)N1C[C@@H](C(=O)N[C@H]2C[C@@H]2c2ccccc2)[C@H](C(=O)N[C@H]2C[C@@H]2c2ccccc2)C1. The van der Waals surface area contributed by atoms with Gasteiger partial charge in [-0.15, -0.1) is 0 Å². The van der Waals surface area contributed by atoms with Crippen LogP contribution in [0.5, 0.6) is 5.75 Å². The molecule has 2 aliphatic heterocycles. The lowest BCUT2D eigenvalue weighted by Crippen LogP contribution is -2.43. The van der Waals surface area contributed by atoms with Crippen LogP contribution in [-0.2, 0) is 33.6 Å². The van der Waals surface area contributed by atoms with Gasteiger partial charge in [-0.05, 0) is 73.1 Å². The number of likely N-dealkylation sites (tertiary alicyclic amines) is 2. The van der Waals surface area contributed by atoms with E-state index >= 15 is 0 Å². The zero-order valence-electron chi connectivity index (χ0n) is 45.2. The summed E-state index contributed by atoms with van der Waals surface area (Å²) in [6, 6.07) is 43.2. The lowest BCUT2D eigenvalue weighted by atomic mass is 9.94. The van der Waals surface area contributed by atoms with Crippen molar-refractivity contribution < 1.29 is 47.9 Å². The second kappa shape index (κ2) is 23.7. The number of hydrogen-bond acceptors (Lipinski definition) is 10. The van der Waals surface area contributed by atoms with Crippen molar-refractivity contribution in [2.24, 2.45) is 23.7 Å². The molecule has 2 saturated heterocycles. The molecule has 7 amide bonds. The van der Waals surface area contributed by atoms with Gasteiger partial charge in [0.1, 0.15) is 11.5 Å². The molecule has 11 rings (SSSR count). The largest absolute Gasteiger partial charge is 0.483 e. The summed E-state index contributed by atoms with van der Waals surface area (Å²) in [6.45, 7) is -0.0315. The van der Waals surface area contributed by atoms with Crippen LogP contribution in [-0.4, -0.2) is 126 Å². The zero-order chi connectivity index (χ0) is 56.3. The fraction of sp³-hybridized carbons (Fsp3) is 0.391. The molecule has 2 heterocycles. The Morgan fingerprint density at radius 3 is 1.17 bits per heavy atom. The minimum absolute atomic E-state index is 0.0287. The van der Waals surface area contributed by atoms with Crippen LogP contribution in [0.15, 0.2) is 140 Å². The average Bonchev–Trinajstić information content (AvgIpc) is 4.50. The van der Waals surface area contributed by atoms with Crippen LogP contribution in [0, 0.1) is 23.7 Å². The predicted molar refractivity (Wildman–Crippen MR) is 299 cm³/mol. The monoisotopic (exact) mass is 1090 g/mol. The first-order valence-corrected chi connectivity index (χ1v) is 28.3. The molecule has 6 aliphatic rings. The van der Waals surface area contributed by atoms with E-state index in [1.807, 2.05) is 121 Å². The first-order chi connectivity index (χ1) is 39.3. The summed E-state index contributed by atoms with van der Waals surface area (Å²) in [5.74, 6) is -6.99. The van der Waals surface area contributed by atoms with E-state index < -0.39 is 48.0 Å². The molecule has 5 aromatic carbocycles. The van der Waals surface area contributed by atoms with Crippen molar-refractivity contribution in [3.05, 3.63) is 173 Å². The number of carbonyl (C=O) groups excluding carboxylic acids is 9. The van der Waals surface area contributed by atoms with E-state index in [1.54, 1.807) is 0 Å². The van der Waals surface area contributed by atoms with E-state index in [4.69, 9.17) is 4.74 Å². The molecule has 4 aliphatic carbocycles. The van der Waals surface area contributed by atoms with Gasteiger partial charge in [-0.1, -0.05) is 121 Å². The number of hydrogen-bond donors (Lipinski definition) is 5. The lowest BCUT2D eigenvalue weighted by molar-refractivity contribution is -0.133. The van der Waals surface area contributed by atoms with Crippen LogP contribution in [0.25, 0.3) is 0 Å². The normalized spacial score (nSPS) is 26.5. The standard InChI is InChI=1S/C64H67N7O10/c1-37(72)22-24-43(73)31-65-58(74)36-81-57-26-42(63(79)70-32-49(59(75)66-53-27-45(53)38-14-6-2-7-15-38)50(33-70)60(76)67-54-28-46(54)39-16-8-3-9-17-39)23-25-44(57)64(80)71-34-51(61(77)68-55-29-47(55)40-18-10-4-11-19-40)52(35-71)62(78)69-56-30-48(56)41-20-12-5-13-21-41/h2-21,23,25-26,45-56H,22,24,27-36H2,1H3,(H,65,74)(H,66,75)(H,67,76)(H,68,77)(H,69,78)/t45-,46-,47-,48-,49-,50-,51-,52-,53+,54+,55+,56+/m1/s1. The number of nitrogens with zero attached hydrogens (tertiary/aromatic N) is 2. The highest BCUT2D eigenvalue weighted by atomic mass is 16.5. The second-order valence-corrected chi connectivity index (χ2v) is 22.8. The number of Topliss-reactive ketones (excluding diaryl/α,β-unsaturated/α-hetero) is 2. The molecule has 0 aromatic heterocycles. The predicted octanol–water partition coefficient (Wildman–Crippen LogP) is 5.19. The average molecular weight is 1090 g/mol. The number of carbonyl (C=O) groups is 9. The topological polar surface area (TPSA) is 229 Å². The van der Waals surface area contributed by atoms with Gasteiger partial charge in [-0.25, -0.2) is 0 Å². The summed E-state index contributed by atoms with van der Waals surface area (Å²) < 4.78 is 6.07. The van der Waals surface area contributed by atoms with Gasteiger partial charge in [0.05, 0.1) is 35.8 Å². The van der Waals surface area contributed by atoms with Crippen molar-refractivity contribution in [3.8, 4) is 5.75 Å². The fourth-order valence-corrected chi connectivity index (χ4v) is 12.0. The van der Waals surface area contributed by atoms with Crippen LogP contribution < -0.4 is 31.3 Å². The number of benzene rings is 5. The van der Waals surface area contributed by atoms with Crippen LogP contribution in [0.4, 0.5) is 0 Å². The molecule has 17 heteroatoms. The van der Waals surface area contributed by atoms with Gasteiger partial charge in [0.2, 0.25) is 23.6 Å². The summed E-state index contributed by atoms with van der Waals surface area (Å²) in [5, 5.41) is 15.1. The van der Waals surface area contributed by atoms with Crippen LogP contribution in [0.1, 0.15) is 112 Å². The minimum atomic E-state index is -0.907. The first kappa shape index (κ1) is 54.5. The first-order valence-electron chi connectivity index (χ1n) is 28.3. The summed E-state index contributed by atoms with van der Waals surface area (Å²) in [4.78, 5) is 127. The Hall–Kier alpha value is -8.47. The van der Waals surface area contributed by atoms with Gasteiger partial charge >= 0.3 is 0 Å². The number of amides is 7. The second-order valence-electron chi connectivity index (χ2n) is 22.8. The summed E-state index contributed by atoms with van der Waals surface area (Å²) in [6.07, 6.45) is 2.94. The maximum atomic E-state index is 14.9. The Labute approximate surface area is 470 Å². The fourth-order valence-electron chi connectivity index (χ4n) is 12.0. The molecule has 5 N–H and O–H groups in total. The molecule has 418 valence electrons. The molecule has 0 bridgehead atoms. The molecular weight excluding hydrogens is 1030 g/mol. The summed E-state index contributed by atoms with van der Waals surface area (Å²) >= 11 is 0. The number of ketones is 2. The zero-order valence-corrected chi connectivity index (χ0v) is 45.2. The Bertz CT molecular complexity index is 3070. The molecule has 81 heavy (non-hydrogen) atoms. The van der Waals surface area contributed by atoms with E-state index in [0.717, 1.165) is 47.9 Å². The molecule has 0 radical (unpaired) electrons. The molecule has 5 aromatic rings. The number of nitrogens with one attached hydrogen (secondary N) is 5. The van der Waals surface area contributed by atoms with Crippen molar-refractivity contribution in [2.75, 3.05) is 39.3 Å². The molecule has 0 unspecified atom stereocenters. The maximum absolute atomic E-state index is 14.9. The molecule has 17 nitrogen and oxygen atoms in total. The van der Waals surface area contributed by atoms with E-state index in [-0.39, 0.29) is 145 Å². The highest BCUT2D eigenvalue weighted by Crippen LogP contribution is 2.45. The maximum Gasteiger partial charge on any atom is 0.258 e. The summed E-state index contributed by atoms with van der Waals surface area (Å²) in [5.41, 5.74) is 4.40. The number of ether oxygens (including phenoxy) is 1. The van der Waals surface area contributed by atoms with Gasteiger partial charge in [-0.2, -0.15) is 0 Å². The van der Waals surface area contributed by atoms with Gasteiger partial charge in [0.15, 0.2) is 12.4 Å². The quantitative estimate of drug-likeness (QED) is 0.0610.